The van der Waals surface area contributed by atoms with Crippen molar-refractivity contribution in [3.63, 3.8) is 0 Å². The second-order valence-corrected chi connectivity index (χ2v) is 6.40. The van der Waals surface area contributed by atoms with Crippen LogP contribution >= 0.6 is 23.1 Å². The highest BCUT2D eigenvalue weighted by molar-refractivity contribution is 7.98. The molecule has 0 saturated heterocycles. The molecule has 24 heavy (non-hydrogen) atoms. The second kappa shape index (κ2) is 6.69. The summed E-state index contributed by atoms with van der Waals surface area (Å²) in [6.07, 6.45) is -4.63. The molecule has 0 bridgehead atoms. The van der Waals surface area contributed by atoms with Gasteiger partial charge in [0.1, 0.15) is 0 Å². The molecule has 0 aliphatic carbocycles. The Hall–Kier alpha value is -2.27. The Balaban J connectivity index is 1.63. The van der Waals surface area contributed by atoms with Gasteiger partial charge in [-0.2, -0.15) is 13.2 Å². The van der Waals surface area contributed by atoms with E-state index in [1.165, 1.54) is 11.3 Å². The van der Waals surface area contributed by atoms with E-state index in [1.807, 2.05) is 35.7 Å². The molecule has 11 heteroatoms. The Labute approximate surface area is 142 Å². The molecule has 3 N–H and O–H groups in total. The molecular formula is C13H11F3N6S2. The topological polar surface area (TPSA) is 81.6 Å². The third kappa shape index (κ3) is 3.79. The van der Waals surface area contributed by atoms with Crippen LogP contribution in [0.15, 0.2) is 40.9 Å². The van der Waals surface area contributed by atoms with E-state index in [-0.39, 0.29) is 5.16 Å². The summed E-state index contributed by atoms with van der Waals surface area (Å²) in [7, 11) is 0. The maximum atomic E-state index is 12.6. The number of halogens is 3. The van der Waals surface area contributed by atoms with Crippen molar-refractivity contribution in [2.75, 3.05) is 11.2 Å². The van der Waals surface area contributed by atoms with E-state index in [2.05, 4.69) is 20.5 Å². The lowest BCUT2D eigenvalue weighted by atomic mass is 10.3. The number of thiazole rings is 1. The summed E-state index contributed by atoms with van der Waals surface area (Å²) in [5.41, 5.74) is 1.61. The van der Waals surface area contributed by atoms with Gasteiger partial charge >= 0.3 is 6.18 Å². The fourth-order valence-corrected chi connectivity index (χ4v) is 3.37. The molecule has 0 unspecified atom stereocenters. The molecule has 3 rings (SSSR count). The molecule has 0 radical (unpaired) electrons. The number of anilines is 2. The van der Waals surface area contributed by atoms with Crippen molar-refractivity contribution < 1.29 is 13.2 Å². The highest BCUT2D eigenvalue weighted by atomic mass is 32.2. The van der Waals surface area contributed by atoms with Gasteiger partial charge in [0.05, 0.1) is 5.69 Å². The second-order valence-electron chi connectivity index (χ2n) is 4.60. The van der Waals surface area contributed by atoms with E-state index in [9.17, 15) is 13.2 Å². The highest BCUT2D eigenvalue weighted by Crippen LogP contribution is 2.30. The summed E-state index contributed by atoms with van der Waals surface area (Å²) >= 11 is 2.44. The van der Waals surface area contributed by atoms with Gasteiger partial charge in [-0.1, -0.05) is 30.0 Å². The number of para-hydroxylation sites is 1. The van der Waals surface area contributed by atoms with Gasteiger partial charge in [0, 0.05) is 16.8 Å². The van der Waals surface area contributed by atoms with E-state index >= 15 is 0 Å². The maximum Gasteiger partial charge on any atom is 0.453 e. The van der Waals surface area contributed by atoms with Crippen molar-refractivity contribution in [1.82, 2.24) is 19.9 Å². The van der Waals surface area contributed by atoms with Crippen molar-refractivity contribution in [3.8, 4) is 0 Å². The molecule has 0 saturated carbocycles. The summed E-state index contributed by atoms with van der Waals surface area (Å²) in [5.74, 6) is 4.49. The molecule has 0 fully saturated rings. The van der Waals surface area contributed by atoms with E-state index in [0.717, 1.165) is 17.4 Å². The standard InChI is InChI=1S/C13H11F3N6S2/c14-13(15,16)10-20-21-12(22(10)17)24-7-9-6-23-11(19-9)18-8-4-2-1-3-5-8/h1-6H,7,17H2,(H,18,19). The van der Waals surface area contributed by atoms with Crippen LogP contribution in [0.3, 0.4) is 0 Å². The number of nitrogens with two attached hydrogens (primary N) is 1. The number of thioether (sulfide) groups is 1. The summed E-state index contributed by atoms with van der Waals surface area (Å²) in [4.78, 5) is 4.37. The number of nitrogen functional groups attached to an aromatic ring is 1. The minimum atomic E-state index is -4.63. The number of nitrogens with one attached hydrogen (secondary N) is 1. The predicted octanol–water partition coefficient (Wildman–Crippen LogP) is 3.50. The zero-order chi connectivity index (χ0) is 17.2. The van der Waals surface area contributed by atoms with Crippen molar-refractivity contribution in [2.24, 2.45) is 0 Å². The van der Waals surface area contributed by atoms with Crippen molar-refractivity contribution in [2.45, 2.75) is 17.1 Å². The molecule has 0 aliphatic rings. The summed E-state index contributed by atoms with van der Waals surface area (Å²) in [5, 5.41) is 12.2. The minimum absolute atomic E-state index is 0.0205. The number of nitrogens with zero attached hydrogens (tertiary/aromatic N) is 4. The first kappa shape index (κ1) is 16.6. The minimum Gasteiger partial charge on any atom is -0.335 e. The van der Waals surface area contributed by atoms with Gasteiger partial charge in [0.2, 0.25) is 5.16 Å². The van der Waals surface area contributed by atoms with Crippen LogP contribution in [0.4, 0.5) is 24.0 Å². The molecule has 0 aliphatic heterocycles. The van der Waals surface area contributed by atoms with Gasteiger partial charge in [-0.25, -0.2) is 9.66 Å². The lowest BCUT2D eigenvalue weighted by Crippen LogP contribution is -2.21. The van der Waals surface area contributed by atoms with Crippen molar-refractivity contribution >= 4 is 33.9 Å². The first-order chi connectivity index (χ1) is 11.4. The third-order valence-electron chi connectivity index (χ3n) is 2.84. The maximum absolute atomic E-state index is 12.6. The van der Waals surface area contributed by atoms with Gasteiger partial charge in [0.15, 0.2) is 5.13 Å². The van der Waals surface area contributed by atoms with Crippen LogP contribution in [0.25, 0.3) is 0 Å². The van der Waals surface area contributed by atoms with Crippen LogP contribution in [0, 0.1) is 0 Å². The average molecular weight is 372 g/mol. The van der Waals surface area contributed by atoms with E-state index < -0.39 is 12.0 Å². The zero-order valence-corrected chi connectivity index (χ0v) is 13.6. The van der Waals surface area contributed by atoms with Crippen LogP contribution in [0.2, 0.25) is 0 Å². The first-order valence-electron chi connectivity index (χ1n) is 6.60. The number of hydrogen-bond donors (Lipinski definition) is 2. The zero-order valence-electron chi connectivity index (χ0n) is 12.0. The molecule has 2 aromatic heterocycles. The largest absolute Gasteiger partial charge is 0.453 e. The van der Waals surface area contributed by atoms with Gasteiger partial charge in [-0.3, -0.25) is 0 Å². The Morgan fingerprint density at radius 3 is 2.62 bits per heavy atom. The molecule has 126 valence electrons. The van der Waals surface area contributed by atoms with Gasteiger partial charge in [0.25, 0.3) is 5.82 Å². The molecular weight excluding hydrogens is 361 g/mol. The van der Waals surface area contributed by atoms with Crippen LogP contribution < -0.4 is 11.2 Å². The molecule has 6 nitrogen and oxygen atoms in total. The van der Waals surface area contributed by atoms with Crippen LogP contribution in [-0.4, -0.2) is 19.9 Å². The molecule has 3 aromatic rings. The van der Waals surface area contributed by atoms with Crippen LogP contribution in [-0.2, 0) is 11.9 Å². The fourth-order valence-electron chi connectivity index (χ4n) is 1.78. The van der Waals surface area contributed by atoms with Crippen molar-refractivity contribution in [1.29, 1.82) is 0 Å². The smallest absolute Gasteiger partial charge is 0.335 e. The Morgan fingerprint density at radius 1 is 1.21 bits per heavy atom. The number of benzene rings is 1. The molecule has 2 heterocycles. The van der Waals surface area contributed by atoms with E-state index in [1.54, 1.807) is 0 Å². The lowest BCUT2D eigenvalue weighted by Gasteiger charge is -2.05. The van der Waals surface area contributed by atoms with Crippen LogP contribution in [0.1, 0.15) is 11.5 Å². The molecule has 0 spiro atoms. The quantitative estimate of drug-likeness (QED) is 0.527. The molecule has 0 atom stereocenters. The Morgan fingerprint density at radius 2 is 1.96 bits per heavy atom. The molecule has 0 amide bonds. The lowest BCUT2D eigenvalue weighted by molar-refractivity contribution is -0.146. The fraction of sp³-hybridized carbons (Fsp3) is 0.154. The summed E-state index contributed by atoms with van der Waals surface area (Å²) < 4.78 is 38.3. The van der Waals surface area contributed by atoms with Gasteiger partial charge in [-0.05, 0) is 12.1 Å². The number of rotatable bonds is 5. The first-order valence-corrected chi connectivity index (χ1v) is 8.47. The van der Waals surface area contributed by atoms with Gasteiger partial charge < -0.3 is 11.2 Å². The number of aromatic nitrogens is 4. The van der Waals surface area contributed by atoms with Crippen LogP contribution in [0.5, 0.6) is 0 Å². The van der Waals surface area contributed by atoms with Gasteiger partial charge in [-0.15, -0.1) is 21.5 Å². The third-order valence-corrected chi connectivity index (χ3v) is 4.63. The number of alkyl halides is 3. The molecule has 1 aromatic carbocycles. The Bertz CT molecular complexity index is 815. The SMILES string of the molecule is Nn1c(SCc2csc(Nc3ccccc3)n2)nnc1C(F)(F)F. The summed E-state index contributed by atoms with van der Waals surface area (Å²) in [6.45, 7) is 0. The normalized spacial score (nSPS) is 11.6. The summed E-state index contributed by atoms with van der Waals surface area (Å²) in [6, 6.07) is 9.53. The van der Waals surface area contributed by atoms with E-state index in [4.69, 9.17) is 5.84 Å². The van der Waals surface area contributed by atoms with E-state index in [0.29, 0.717) is 21.3 Å². The number of hydrogen-bond acceptors (Lipinski definition) is 7. The highest BCUT2D eigenvalue weighted by Gasteiger charge is 2.38. The average Bonchev–Trinajstić information content (AvgIpc) is 3.12. The Kier molecular flexibility index (Phi) is 4.62. The predicted molar refractivity (Wildman–Crippen MR) is 86.6 cm³/mol. The van der Waals surface area contributed by atoms with Crippen molar-refractivity contribution in [3.05, 3.63) is 47.2 Å². The monoisotopic (exact) mass is 372 g/mol.